The van der Waals surface area contributed by atoms with Crippen molar-refractivity contribution in [2.75, 3.05) is 13.4 Å². The second-order valence-electron chi connectivity index (χ2n) is 5.66. The Morgan fingerprint density at radius 1 is 1.28 bits per heavy atom. The largest absolute Gasteiger partial charge is 0.475 e. The molecule has 0 saturated carbocycles. The van der Waals surface area contributed by atoms with Gasteiger partial charge in [0.1, 0.15) is 0 Å². The van der Waals surface area contributed by atoms with E-state index >= 15 is 0 Å². The molecular weight excluding hydrogens is 259 g/mol. The maximum atomic E-state index is 11.4. The highest BCUT2D eigenvalue weighted by atomic mass is 31.2. The molecule has 0 fully saturated rings. The van der Waals surface area contributed by atoms with Gasteiger partial charge in [-0.15, -0.1) is 0 Å². The molecule has 0 heterocycles. The summed E-state index contributed by atoms with van der Waals surface area (Å²) in [6.07, 6.45) is 0.238. The van der Waals surface area contributed by atoms with E-state index in [2.05, 4.69) is 9.26 Å². The highest BCUT2D eigenvalue weighted by Gasteiger charge is 2.25. The Morgan fingerprint density at radius 3 is 2.28 bits per heavy atom. The van der Waals surface area contributed by atoms with Crippen molar-refractivity contribution in [2.45, 2.75) is 41.0 Å². The van der Waals surface area contributed by atoms with Crippen LogP contribution in [0.25, 0.3) is 0 Å². The van der Waals surface area contributed by atoms with Gasteiger partial charge in [0.2, 0.25) is 6.79 Å². The number of ether oxygens (including phenoxy) is 1. The molecule has 0 bridgehead atoms. The number of esters is 1. The Hall–Kier alpha value is -0.420. The van der Waals surface area contributed by atoms with Crippen LogP contribution in [0.4, 0.5) is 0 Å². The van der Waals surface area contributed by atoms with Gasteiger partial charge in [-0.2, -0.15) is 0 Å². The fourth-order valence-electron chi connectivity index (χ4n) is 0.863. The fraction of sp³-hybridized carbons (Fsp3) is 0.909. The van der Waals surface area contributed by atoms with E-state index in [1.807, 2.05) is 34.6 Å². The molecule has 0 aliphatic heterocycles. The van der Waals surface area contributed by atoms with Crippen molar-refractivity contribution in [1.29, 1.82) is 0 Å². The van der Waals surface area contributed by atoms with E-state index in [0.29, 0.717) is 0 Å². The Bertz CT molecular complexity index is 307. The van der Waals surface area contributed by atoms with E-state index < -0.39 is 20.6 Å². The van der Waals surface area contributed by atoms with Crippen LogP contribution in [0.5, 0.6) is 0 Å². The number of rotatable bonds is 7. The molecule has 108 valence electrons. The summed E-state index contributed by atoms with van der Waals surface area (Å²) in [6.45, 7) is 8.79. The molecule has 0 aromatic heterocycles. The quantitative estimate of drug-likeness (QED) is 0.439. The Kier molecular flexibility index (Phi) is 7.07. The number of carbonyl (C=O) groups excluding carboxylic acids is 1. The molecule has 0 aliphatic carbocycles. The third kappa shape index (κ3) is 10.7. The number of phosphoric ester groups is 1. The zero-order chi connectivity index (χ0) is 14.4. The molecule has 0 spiro atoms. The normalized spacial score (nSPS) is 15.5. The lowest BCUT2D eigenvalue weighted by Crippen LogP contribution is -2.15. The van der Waals surface area contributed by atoms with Gasteiger partial charge < -0.3 is 9.63 Å². The lowest BCUT2D eigenvalue weighted by atomic mass is 9.99. The van der Waals surface area contributed by atoms with Crippen molar-refractivity contribution in [3.63, 3.8) is 0 Å². The number of carbonyl (C=O) groups is 1. The van der Waals surface area contributed by atoms with Crippen LogP contribution in [0.3, 0.4) is 0 Å². The van der Waals surface area contributed by atoms with Crippen LogP contribution in [-0.2, 0) is 23.1 Å². The van der Waals surface area contributed by atoms with Crippen LogP contribution in [0.15, 0.2) is 0 Å². The maximum absolute atomic E-state index is 11.4. The van der Waals surface area contributed by atoms with Crippen LogP contribution >= 0.6 is 7.82 Å². The molecule has 6 nitrogen and oxygen atoms in total. The predicted molar refractivity (Wildman–Crippen MR) is 66.7 cm³/mol. The highest BCUT2D eigenvalue weighted by molar-refractivity contribution is 7.47. The summed E-state index contributed by atoms with van der Waals surface area (Å²) in [5, 5.41) is 0. The SMILES string of the molecule is CC(C)CC(=O)OCOP(=O)(O)OCC(C)(C)C. The maximum Gasteiger partial charge on any atom is 0.475 e. The van der Waals surface area contributed by atoms with E-state index in [4.69, 9.17) is 4.52 Å². The number of phosphoric acid groups is 1. The van der Waals surface area contributed by atoms with Gasteiger partial charge in [0.15, 0.2) is 0 Å². The minimum absolute atomic E-state index is 0.0702. The smallest absolute Gasteiger partial charge is 0.438 e. The van der Waals surface area contributed by atoms with Crippen LogP contribution in [0, 0.1) is 11.3 Å². The van der Waals surface area contributed by atoms with Crippen LogP contribution in [0.1, 0.15) is 41.0 Å². The molecule has 0 saturated heterocycles. The summed E-state index contributed by atoms with van der Waals surface area (Å²) >= 11 is 0. The summed E-state index contributed by atoms with van der Waals surface area (Å²) in [5.41, 5.74) is -0.254. The van der Waals surface area contributed by atoms with Gasteiger partial charge in [0, 0.05) is 6.42 Å². The van der Waals surface area contributed by atoms with Crippen molar-refractivity contribution in [3.05, 3.63) is 0 Å². The van der Waals surface area contributed by atoms with Crippen molar-refractivity contribution in [2.24, 2.45) is 11.3 Å². The highest BCUT2D eigenvalue weighted by Crippen LogP contribution is 2.44. The first-order valence-corrected chi connectivity index (χ1v) is 7.29. The third-order valence-corrected chi connectivity index (χ3v) is 2.56. The second-order valence-corrected chi connectivity index (χ2v) is 7.12. The van der Waals surface area contributed by atoms with E-state index in [1.165, 1.54) is 0 Å². The number of hydrogen-bond donors (Lipinski definition) is 1. The lowest BCUT2D eigenvalue weighted by molar-refractivity contribution is -0.151. The zero-order valence-electron chi connectivity index (χ0n) is 11.6. The van der Waals surface area contributed by atoms with E-state index in [9.17, 15) is 14.3 Å². The third-order valence-electron chi connectivity index (χ3n) is 1.67. The summed E-state index contributed by atoms with van der Waals surface area (Å²) in [6, 6.07) is 0. The van der Waals surface area contributed by atoms with Gasteiger partial charge in [-0.3, -0.25) is 9.32 Å². The van der Waals surface area contributed by atoms with Gasteiger partial charge in [0.05, 0.1) is 6.61 Å². The first kappa shape index (κ1) is 17.6. The van der Waals surface area contributed by atoms with E-state index in [0.717, 1.165) is 0 Å². The molecule has 0 rings (SSSR count). The van der Waals surface area contributed by atoms with Crippen molar-refractivity contribution in [3.8, 4) is 0 Å². The van der Waals surface area contributed by atoms with Crippen LogP contribution < -0.4 is 0 Å². The molecule has 1 unspecified atom stereocenters. The zero-order valence-corrected chi connectivity index (χ0v) is 12.5. The average Bonchev–Trinajstić information content (AvgIpc) is 2.12. The first-order valence-electron chi connectivity index (χ1n) is 5.79. The van der Waals surface area contributed by atoms with E-state index in [-0.39, 0.29) is 24.4 Å². The monoisotopic (exact) mass is 282 g/mol. The summed E-state index contributed by atoms with van der Waals surface area (Å²) in [5.74, 6) is -0.309. The van der Waals surface area contributed by atoms with Gasteiger partial charge in [-0.05, 0) is 11.3 Å². The Labute approximate surface area is 108 Å². The molecule has 0 aliphatic rings. The Balaban J connectivity index is 3.90. The topological polar surface area (TPSA) is 82.1 Å². The second kappa shape index (κ2) is 7.24. The van der Waals surface area contributed by atoms with Gasteiger partial charge >= 0.3 is 13.8 Å². The van der Waals surface area contributed by atoms with Crippen molar-refractivity contribution < 1.29 is 28.0 Å². The molecule has 0 amide bonds. The van der Waals surface area contributed by atoms with Crippen LogP contribution in [-0.4, -0.2) is 24.3 Å². The molecule has 0 aromatic rings. The van der Waals surface area contributed by atoms with Gasteiger partial charge in [-0.25, -0.2) is 9.09 Å². The van der Waals surface area contributed by atoms with Gasteiger partial charge in [-0.1, -0.05) is 34.6 Å². The Morgan fingerprint density at radius 2 is 1.83 bits per heavy atom. The molecular formula is C11H23O6P. The average molecular weight is 282 g/mol. The van der Waals surface area contributed by atoms with Gasteiger partial charge in [0.25, 0.3) is 0 Å². The fourth-order valence-corrected chi connectivity index (χ4v) is 1.67. The van der Waals surface area contributed by atoms with Crippen LogP contribution in [0.2, 0.25) is 0 Å². The minimum Gasteiger partial charge on any atom is -0.438 e. The van der Waals surface area contributed by atoms with E-state index in [1.54, 1.807) is 0 Å². The molecule has 1 N–H and O–H groups in total. The predicted octanol–water partition coefficient (Wildman–Crippen LogP) is 2.71. The standard InChI is InChI=1S/C11H23O6P/c1-9(2)6-10(12)15-8-17-18(13,14)16-7-11(3,4)5/h9H,6-8H2,1-5H3,(H,13,14). The summed E-state index contributed by atoms with van der Waals surface area (Å²) in [7, 11) is -4.16. The summed E-state index contributed by atoms with van der Waals surface area (Å²) < 4.78 is 25.3. The molecule has 1 atom stereocenters. The molecule has 18 heavy (non-hydrogen) atoms. The van der Waals surface area contributed by atoms with Crippen molar-refractivity contribution >= 4 is 13.8 Å². The molecule has 0 radical (unpaired) electrons. The first-order chi connectivity index (χ1) is 8.02. The van der Waals surface area contributed by atoms with Crippen molar-refractivity contribution in [1.82, 2.24) is 0 Å². The minimum atomic E-state index is -4.16. The molecule has 0 aromatic carbocycles. The molecule has 7 heteroatoms. The summed E-state index contributed by atoms with van der Waals surface area (Å²) in [4.78, 5) is 20.4. The number of hydrogen-bond acceptors (Lipinski definition) is 5. The lowest BCUT2D eigenvalue weighted by Gasteiger charge is -2.20.